The van der Waals surface area contributed by atoms with Crippen LogP contribution in [0.4, 0.5) is 0 Å². The summed E-state index contributed by atoms with van der Waals surface area (Å²) in [7, 11) is 0. The zero-order valence-electron chi connectivity index (χ0n) is 16.7. The highest BCUT2D eigenvalue weighted by Gasteiger charge is 2.48. The first-order valence-corrected chi connectivity index (χ1v) is 10.7. The number of benzene rings is 1. The molecule has 152 valence electrons. The normalized spacial score (nSPS) is 26.7. The summed E-state index contributed by atoms with van der Waals surface area (Å²) in [5.74, 6) is 0.609. The number of fused-ring (bicyclic) bond motifs is 1. The molecule has 2 aromatic rings. The minimum absolute atomic E-state index is 0.212. The summed E-state index contributed by atoms with van der Waals surface area (Å²) in [5.41, 5.74) is 3.67. The van der Waals surface area contributed by atoms with Crippen molar-refractivity contribution in [3.05, 3.63) is 52.8 Å². The lowest BCUT2D eigenvalue weighted by Crippen LogP contribution is -2.37. The van der Waals surface area contributed by atoms with Gasteiger partial charge in [0.15, 0.2) is 6.29 Å². The van der Waals surface area contributed by atoms with Crippen molar-refractivity contribution in [1.29, 1.82) is 0 Å². The summed E-state index contributed by atoms with van der Waals surface area (Å²) in [6.07, 6.45) is 5.49. The van der Waals surface area contributed by atoms with Crippen molar-refractivity contribution in [1.82, 2.24) is 14.7 Å². The fourth-order valence-electron chi connectivity index (χ4n) is 5.49. The molecule has 1 aromatic carbocycles. The van der Waals surface area contributed by atoms with E-state index in [1.165, 1.54) is 5.56 Å². The van der Waals surface area contributed by atoms with E-state index in [0.29, 0.717) is 43.8 Å². The van der Waals surface area contributed by atoms with Crippen molar-refractivity contribution in [2.24, 2.45) is 5.41 Å². The number of aromatic nitrogens is 2. The Morgan fingerprint density at radius 2 is 1.93 bits per heavy atom. The van der Waals surface area contributed by atoms with Gasteiger partial charge in [-0.1, -0.05) is 30.3 Å². The number of rotatable bonds is 4. The van der Waals surface area contributed by atoms with Gasteiger partial charge in [0, 0.05) is 18.7 Å². The van der Waals surface area contributed by atoms with Crippen LogP contribution in [0, 0.1) is 5.41 Å². The number of carbonyl (C=O) groups is 2. The Bertz CT molecular complexity index is 913. The van der Waals surface area contributed by atoms with Gasteiger partial charge < -0.3 is 9.64 Å². The molecule has 3 aliphatic rings. The first-order valence-electron chi connectivity index (χ1n) is 10.7. The first-order chi connectivity index (χ1) is 14.2. The minimum atomic E-state index is -0.212. The third-order valence-corrected chi connectivity index (χ3v) is 7.09. The molecule has 6 heteroatoms. The van der Waals surface area contributed by atoms with Crippen LogP contribution in [0.5, 0.6) is 0 Å². The Balaban J connectivity index is 1.30. The van der Waals surface area contributed by atoms with E-state index in [0.717, 1.165) is 56.2 Å². The molecule has 3 heterocycles. The van der Waals surface area contributed by atoms with Crippen molar-refractivity contribution in [3.8, 4) is 0 Å². The van der Waals surface area contributed by atoms with E-state index < -0.39 is 0 Å². The number of hydrogen-bond donors (Lipinski definition) is 0. The molecule has 0 N–H and O–H groups in total. The van der Waals surface area contributed by atoms with Crippen LogP contribution < -0.4 is 0 Å². The molecule has 0 bridgehead atoms. The van der Waals surface area contributed by atoms with Crippen molar-refractivity contribution in [3.63, 3.8) is 0 Å². The maximum absolute atomic E-state index is 13.3. The van der Waals surface area contributed by atoms with Gasteiger partial charge in [-0.05, 0) is 43.6 Å². The lowest BCUT2D eigenvalue weighted by atomic mass is 9.67. The minimum Gasteiger partial charge on any atom is -0.373 e. The summed E-state index contributed by atoms with van der Waals surface area (Å²) < 4.78 is 7.57. The summed E-state index contributed by atoms with van der Waals surface area (Å²) in [6, 6.07) is 10.2. The molecule has 1 saturated carbocycles. The molecule has 2 aliphatic heterocycles. The van der Waals surface area contributed by atoms with E-state index in [4.69, 9.17) is 4.74 Å². The summed E-state index contributed by atoms with van der Waals surface area (Å²) in [5, 5.41) is 4.50. The fourth-order valence-corrected chi connectivity index (χ4v) is 5.49. The number of aldehydes is 1. The molecule has 6 nitrogen and oxygen atoms in total. The van der Waals surface area contributed by atoms with E-state index in [1.54, 1.807) is 0 Å². The number of likely N-dealkylation sites (tertiary alicyclic amines) is 1. The number of hydrogen-bond acceptors (Lipinski definition) is 4. The van der Waals surface area contributed by atoms with Gasteiger partial charge in [-0.3, -0.25) is 14.3 Å². The van der Waals surface area contributed by atoms with Gasteiger partial charge >= 0.3 is 0 Å². The van der Waals surface area contributed by atoms with Crippen LogP contribution in [0.15, 0.2) is 30.3 Å². The lowest BCUT2D eigenvalue weighted by Gasteiger charge is -2.36. The topological polar surface area (TPSA) is 64.4 Å². The molecule has 1 spiro atoms. The predicted octanol–water partition coefficient (Wildman–Crippen LogP) is 3.30. The number of carbonyl (C=O) groups excluding carboxylic acids is 2. The van der Waals surface area contributed by atoms with Crippen molar-refractivity contribution in [2.45, 2.75) is 57.7 Å². The summed E-state index contributed by atoms with van der Waals surface area (Å²) in [4.78, 5) is 26.9. The standard InChI is InChI=1S/C23H27N3O3/c27-15-19-21(20-16-29-13-12-26(20)24-19)18-6-8-23(9-7-18)10-11-25(22(23)28)14-17-4-2-1-3-5-17/h1-5,15,18H,6-14,16H2. The smallest absolute Gasteiger partial charge is 0.229 e. The average Bonchev–Trinajstić information content (AvgIpc) is 3.29. The van der Waals surface area contributed by atoms with E-state index in [9.17, 15) is 9.59 Å². The van der Waals surface area contributed by atoms with Crippen molar-refractivity contribution >= 4 is 12.2 Å². The second kappa shape index (κ2) is 7.41. The Hall–Kier alpha value is -2.47. The molecule has 0 atom stereocenters. The summed E-state index contributed by atoms with van der Waals surface area (Å²) >= 11 is 0. The van der Waals surface area contributed by atoms with Gasteiger partial charge in [0.05, 0.1) is 30.9 Å². The number of amides is 1. The van der Waals surface area contributed by atoms with E-state index in [1.807, 2.05) is 27.8 Å². The lowest BCUT2D eigenvalue weighted by molar-refractivity contribution is -0.138. The first kappa shape index (κ1) is 18.6. The second-order valence-electron chi connectivity index (χ2n) is 8.66. The highest BCUT2D eigenvalue weighted by atomic mass is 16.5. The van der Waals surface area contributed by atoms with Gasteiger partial charge in [0.25, 0.3) is 0 Å². The van der Waals surface area contributed by atoms with E-state index in [-0.39, 0.29) is 5.41 Å². The quantitative estimate of drug-likeness (QED) is 0.748. The summed E-state index contributed by atoms with van der Waals surface area (Å²) in [6.45, 7) is 3.43. The maximum atomic E-state index is 13.3. The average molecular weight is 393 g/mol. The van der Waals surface area contributed by atoms with Gasteiger partial charge in [0.2, 0.25) is 5.91 Å². The Morgan fingerprint density at radius 3 is 2.69 bits per heavy atom. The third kappa shape index (κ3) is 3.19. The van der Waals surface area contributed by atoms with Crippen LogP contribution in [0.3, 0.4) is 0 Å². The number of ether oxygens (including phenoxy) is 1. The van der Waals surface area contributed by atoms with Crippen LogP contribution in [-0.4, -0.2) is 40.0 Å². The highest BCUT2D eigenvalue weighted by Crippen LogP contribution is 2.50. The van der Waals surface area contributed by atoms with Gasteiger partial charge in [-0.25, -0.2) is 0 Å². The molecule has 1 aliphatic carbocycles. The third-order valence-electron chi connectivity index (χ3n) is 7.09. The van der Waals surface area contributed by atoms with Gasteiger partial charge in [0.1, 0.15) is 5.69 Å². The van der Waals surface area contributed by atoms with Crippen LogP contribution in [-0.2, 0) is 29.2 Å². The zero-order chi connectivity index (χ0) is 19.8. The Kier molecular flexibility index (Phi) is 4.74. The van der Waals surface area contributed by atoms with E-state index >= 15 is 0 Å². The van der Waals surface area contributed by atoms with E-state index in [2.05, 4.69) is 17.2 Å². The molecular weight excluding hydrogens is 366 g/mol. The largest absolute Gasteiger partial charge is 0.373 e. The zero-order valence-corrected chi connectivity index (χ0v) is 16.7. The fraction of sp³-hybridized carbons (Fsp3) is 0.522. The maximum Gasteiger partial charge on any atom is 0.229 e. The van der Waals surface area contributed by atoms with Crippen LogP contribution in [0.2, 0.25) is 0 Å². The molecule has 1 aromatic heterocycles. The molecule has 2 fully saturated rings. The molecule has 1 amide bonds. The van der Waals surface area contributed by atoms with Gasteiger partial charge in [-0.15, -0.1) is 0 Å². The van der Waals surface area contributed by atoms with Crippen molar-refractivity contribution < 1.29 is 14.3 Å². The SMILES string of the molecule is O=Cc1nn2c(c1C1CCC3(CC1)CCN(Cc1ccccc1)C3=O)COCC2. The van der Waals surface area contributed by atoms with Gasteiger partial charge in [-0.2, -0.15) is 5.10 Å². The Morgan fingerprint density at radius 1 is 1.14 bits per heavy atom. The van der Waals surface area contributed by atoms with Crippen LogP contribution in [0.1, 0.15) is 65.3 Å². The monoisotopic (exact) mass is 393 g/mol. The molecule has 29 heavy (non-hydrogen) atoms. The Labute approximate surface area is 170 Å². The molecule has 5 rings (SSSR count). The highest BCUT2D eigenvalue weighted by molar-refractivity contribution is 5.85. The molecular formula is C23H27N3O3. The molecule has 0 unspecified atom stereocenters. The molecule has 1 saturated heterocycles. The van der Waals surface area contributed by atoms with Crippen molar-refractivity contribution in [2.75, 3.05) is 13.2 Å². The van der Waals surface area contributed by atoms with Crippen LogP contribution in [0.25, 0.3) is 0 Å². The predicted molar refractivity (Wildman–Crippen MR) is 107 cm³/mol. The van der Waals surface area contributed by atoms with Crippen LogP contribution >= 0.6 is 0 Å². The molecule has 0 radical (unpaired) electrons. The second-order valence-corrected chi connectivity index (χ2v) is 8.66. The number of nitrogens with zero attached hydrogens (tertiary/aromatic N) is 3.